The van der Waals surface area contributed by atoms with Gasteiger partial charge in [0.1, 0.15) is 12.0 Å². The predicted octanol–water partition coefficient (Wildman–Crippen LogP) is 2.63. The zero-order valence-corrected chi connectivity index (χ0v) is 8.32. The van der Waals surface area contributed by atoms with Crippen molar-refractivity contribution >= 4 is 6.29 Å². The molecule has 0 bridgehead atoms. The molecule has 74 valence electrons. The molecule has 0 aliphatic heterocycles. The van der Waals surface area contributed by atoms with Gasteiger partial charge in [-0.3, -0.25) is 4.79 Å². The molecule has 0 amide bonds. The zero-order chi connectivity index (χ0) is 10.0. The fourth-order valence-electron chi connectivity index (χ4n) is 2.20. The molecule has 0 aromatic carbocycles. The van der Waals surface area contributed by atoms with Crippen LogP contribution in [-0.4, -0.2) is 6.29 Å². The SMILES string of the molecule is C[C@@]1(/C=C/C=O)CCCc2ccoc21. The number of hydrogen-bond acceptors (Lipinski definition) is 2. The van der Waals surface area contributed by atoms with Crippen molar-refractivity contribution in [1.82, 2.24) is 0 Å². The molecule has 0 radical (unpaired) electrons. The lowest BCUT2D eigenvalue weighted by molar-refractivity contribution is -0.104. The lowest BCUT2D eigenvalue weighted by Crippen LogP contribution is -2.23. The van der Waals surface area contributed by atoms with E-state index < -0.39 is 0 Å². The van der Waals surface area contributed by atoms with E-state index in [2.05, 4.69) is 6.92 Å². The second-order valence-corrected chi connectivity index (χ2v) is 4.04. The molecule has 2 rings (SSSR count). The van der Waals surface area contributed by atoms with E-state index in [0.717, 1.165) is 31.3 Å². The maximum Gasteiger partial charge on any atom is 0.142 e. The summed E-state index contributed by atoms with van der Waals surface area (Å²) in [5, 5.41) is 0. The Morgan fingerprint density at radius 2 is 2.43 bits per heavy atom. The molecule has 1 aromatic heterocycles. The van der Waals surface area contributed by atoms with Gasteiger partial charge in [0, 0.05) is 5.41 Å². The Morgan fingerprint density at radius 3 is 3.21 bits per heavy atom. The third kappa shape index (κ3) is 1.41. The van der Waals surface area contributed by atoms with Gasteiger partial charge in [-0.2, -0.15) is 0 Å². The fourth-order valence-corrected chi connectivity index (χ4v) is 2.20. The highest BCUT2D eigenvalue weighted by Gasteiger charge is 2.32. The summed E-state index contributed by atoms with van der Waals surface area (Å²) in [5.74, 6) is 1.03. The van der Waals surface area contributed by atoms with Crippen LogP contribution in [-0.2, 0) is 16.6 Å². The van der Waals surface area contributed by atoms with Crippen molar-refractivity contribution in [3.05, 3.63) is 35.8 Å². The predicted molar refractivity (Wildman–Crippen MR) is 54.2 cm³/mol. The molecule has 1 heterocycles. The molecule has 0 saturated heterocycles. The normalized spacial score (nSPS) is 26.4. The molecule has 1 atom stereocenters. The molecular formula is C12H14O2. The van der Waals surface area contributed by atoms with Crippen LogP contribution < -0.4 is 0 Å². The first-order chi connectivity index (χ1) is 6.76. The molecular weight excluding hydrogens is 176 g/mol. The van der Waals surface area contributed by atoms with E-state index in [9.17, 15) is 4.79 Å². The van der Waals surface area contributed by atoms with Crippen molar-refractivity contribution in [3.63, 3.8) is 0 Å². The molecule has 0 unspecified atom stereocenters. The second kappa shape index (κ2) is 3.45. The number of aryl methyl sites for hydroxylation is 1. The molecule has 2 heteroatoms. The van der Waals surface area contributed by atoms with Gasteiger partial charge in [0.2, 0.25) is 0 Å². The summed E-state index contributed by atoms with van der Waals surface area (Å²) in [6.07, 6.45) is 9.38. The summed E-state index contributed by atoms with van der Waals surface area (Å²) < 4.78 is 5.50. The number of rotatable bonds is 2. The maximum atomic E-state index is 10.3. The minimum Gasteiger partial charge on any atom is -0.468 e. The minimum absolute atomic E-state index is 0.0853. The summed E-state index contributed by atoms with van der Waals surface area (Å²) in [4.78, 5) is 10.3. The maximum absolute atomic E-state index is 10.3. The Labute approximate surface area is 83.6 Å². The highest BCUT2D eigenvalue weighted by atomic mass is 16.3. The van der Waals surface area contributed by atoms with Gasteiger partial charge in [-0.15, -0.1) is 0 Å². The van der Waals surface area contributed by atoms with Crippen molar-refractivity contribution in [2.45, 2.75) is 31.6 Å². The zero-order valence-electron chi connectivity index (χ0n) is 8.32. The Kier molecular flexibility index (Phi) is 2.28. The summed E-state index contributed by atoms with van der Waals surface area (Å²) in [7, 11) is 0. The molecule has 2 nitrogen and oxygen atoms in total. The number of hydrogen-bond donors (Lipinski definition) is 0. The largest absolute Gasteiger partial charge is 0.468 e. The highest BCUT2D eigenvalue weighted by Crippen LogP contribution is 2.38. The number of aldehydes is 1. The van der Waals surface area contributed by atoms with E-state index in [-0.39, 0.29) is 5.41 Å². The average Bonchev–Trinajstić information content (AvgIpc) is 2.65. The van der Waals surface area contributed by atoms with Crippen LogP contribution >= 0.6 is 0 Å². The van der Waals surface area contributed by atoms with Crippen molar-refractivity contribution in [2.75, 3.05) is 0 Å². The van der Waals surface area contributed by atoms with Gasteiger partial charge in [-0.1, -0.05) is 6.08 Å². The molecule has 1 aliphatic carbocycles. The first kappa shape index (κ1) is 9.25. The Bertz CT molecular complexity index is 362. The third-order valence-electron chi connectivity index (χ3n) is 2.95. The standard InChI is InChI=1S/C12H14O2/c1-12(7-3-8-13)6-2-4-10-5-9-14-11(10)12/h3,5,7-9H,2,4,6H2,1H3/b7-3+/t12-/m0/s1. The molecule has 0 fully saturated rings. The number of furan rings is 1. The van der Waals surface area contributed by atoms with Crippen LogP contribution in [0.3, 0.4) is 0 Å². The van der Waals surface area contributed by atoms with Crippen molar-refractivity contribution in [1.29, 1.82) is 0 Å². The fraction of sp³-hybridized carbons (Fsp3) is 0.417. The van der Waals surface area contributed by atoms with E-state index >= 15 is 0 Å². The highest BCUT2D eigenvalue weighted by molar-refractivity contribution is 5.65. The van der Waals surface area contributed by atoms with Crippen molar-refractivity contribution in [2.24, 2.45) is 0 Å². The average molecular weight is 190 g/mol. The summed E-state index contributed by atoms with van der Waals surface area (Å²) in [5.41, 5.74) is 1.20. The summed E-state index contributed by atoms with van der Waals surface area (Å²) >= 11 is 0. The van der Waals surface area contributed by atoms with Crippen LogP contribution in [0.5, 0.6) is 0 Å². The van der Waals surface area contributed by atoms with Crippen LogP contribution in [0.2, 0.25) is 0 Å². The molecule has 1 aliphatic rings. The minimum atomic E-state index is -0.0853. The Balaban J connectivity index is 2.39. The quantitative estimate of drug-likeness (QED) is 0.530. The van der Waals surface area contributed by atoms with Gasteiger partial charge in [-0.05, 0) is 43.9 Å². The number of allylic oxidation sites excluding steroid dienone is 2. The number of carbonyl (C=O) groups excluding carboxylic acids is 1. The third-order valence-corrected chi connectivity index (χ3v) is 2.95. The summed E-state index contributed by atoms with van der Waals surface area (Å²) in [6.45, 7) is 2.12. The van der Waals surface area contributed by atoms with Crippen LogP contribution in [0, 0.1) is 0 Å². The molecule has 1 aromatic rings. The van der Waals surface area contributed by atoms with Crippen molar-refractivity contribution < 1.29 is 9.21 Å². The van der Waals surface area contributed by atoms with Crippen LogP contribution in [0.4, 0.5) is 0 Å². The Hall–Kier alpha value is -1.31. The van der Waals surface area contributed by atoms with Gasteiger partial charge in [0.05, 0.1) is 6.26 Å². The lowest BCUT2D eigenvalue weighted by atomic mass is 9.75. The molecule has 0 N–H and O–H groups in total. The van der Waals surface area contributed by atoms with Crippen LogP contribution in [0.15, 0.2) is 28.9 Å². The number of carbonyl (C=O) groups is 1. The molecule has 0 spiro atoms. The topological polar surface area (TPSA) is 30.2 Å². The number of fused-ring (bicyclic) bond motifs is 1. The second-order valence-electron chi connectivity index (χ2n) is 4.04. The van der Waals surface area contributed by atoms with Crippen LogP contribution in [0.25, 0.3) is 0 Å². The lowest BCUT2D eigenvalue weighted by Gasteiger charge is -2.28. The first-order valence-corrected chi connectivity index (χ1v) is 4.96. The Morgan fingerprint density at radius 1 is 1.57 bits per heavy atom. The van der Waals surface area contributed by atoms with E-state index in [1.807, 2.05) is 12.1 Å². The monoisotopic (exact) mass is 190 g/mol. The van der Waals surface area contributed by atoms with E-state index in [4.69, 9.17) is 4.42 Å². The van der Waals surface area contributed by atoms with Gasteiger partial charge >= 0.3 is 0 Å². The van der Waals surface area contributed by atoms with Gasteiger partial charge in [0.15, 0.2) is 0 Å². The summed E-state index contributed by atoms with van der Waals surface area (Å²) in [6, 6.07) is 2.03. The molecule has 14 heavy (non-hydrogen) atoms. The van der Waals surface area contributed by atoms with Crippen molar-refractivity contribution in [3.8, 4) is 0 Å². The van der Waals surface area contributed by atoms with Gasteiger partial charge in [0.25, 0.3) is 0 Å². The van der Waals surface area contributed by atoms with E-state index in [1.54, 1.807) is 12.3 Å². The molecule has 0 saturated carbocycles. The smallest absolute Gasteiger partial charge is 0.142 e. The van der Waals surface area contributed by atoms with E-state index in [0.29, 0.717) is 0 Å². The van der Waals surface area contributed by atoms with Gasteiger partial charge in [-0.25, -0.2) is 0 Å². The van der Waals surface area contributed by atoms with Gasteiger partial charge < -0.3 is 4.42 Å². The first-order valence-electron chi connectivity index (χ1n) is 4.96. The van der Waals surface area contributed by atoms with Crippen LogP contribution in [0.1, 0.15) is 31.1 Å². The van der Waals surface area contributed by atoms with E-state index in [1.165, 1.54) is 5.56 Å².